The molecule has 1 heterocycles. The lowest BCUT2D eigenvalue weighted by molar-refractivity contribution is 0.0641. The number of rotatable bonds is 5. The lowest BCUT2D eigenvalue weighted by Gasteiger charge is -2.33. The van der Waals surface area contributed by atoms with E-state index in [0.29, 0.717) is 29.6 Å². The lowest BCUT2D eigenvalue weighted by atomic mass is 9.94. The van der Waals surface area contributed by atoms with Gasteiger partial charge in [-0.15, -0.1) is 0 Å². The largest absolute Gasteiger partial charge is 0.335 e. The standard InChI is InChI=1S/C24H27N3O2/c1-2-26(19-13-7-4-8-14-19)24(29)22-20-15-9-10-16-21(20)23(28)27(25-22)17-18-11-5-3-6-12-18/h3,5-6,9-12,15-16,19H,2,4,7-8,13-14,17H2,1H3. The Morgan fingerprint density at radius 3 is 2.34 bits per heavy atom. The summed E-state index contributed by atoms with van der Waals surface area (Å²) in [6.45, 7) is 3.02. The molecule has 1 aliphatic carbocycles. The first-order valence-corrected chi connectivity index (χ1v) is 10.5. The molecule has 5 heteroatoms. The van der Waals surface area contributed by atoms with Gasteiger partial charge in [-0.2, -0.15) is 5.10 Å². The zero-order valence-electron chi connectivity index (χ0n) is 16.9. The van der Waals surface area contributed by atoms with Crippen LogP contribution in [0.25, 0.3) is 10.8 Å². The minimum Gasteiger partial charge on any atom is -0.335 e. The van der Waals surface area contributed by atoms with Crippen molar-refractivity contribution in [2.24, 2.45) is 0 Å². The molecule has 4 rings (SSSR count). The monoisotopic (exact) mass is 389 g/mol. The third kappa shape index (κ3) is 3.95. The number of benzene rings is 2. The zero-order chi connectivity index (χ0) is 20.2. The molecular formula is C24H27N3O2. The number of aromatic nitrogens is 2. The maximum atomic E-state index is 13.6. The van der Waals surface area contributed by atoms with Gasteiger partial charge < -0.3 is 4.90 Å². The number of hydrogen-bond donors (Lipinski definition) is 0. The van der Waals surface area contributed by atoms with Crippen molar-refractivity contribution in [2.45, 2.75) is 51.6 Å². The van der Waals surface area contributed by atoms with E-state index < -0.39 is 0 Å². The Morgan fingerprint density at radius 2 is 1.66 bits per heavy atom. The molecule has 1 saturated carbocycles. The van der Waals surface area contributed by atoms with Crippen molar-refractivity contribution in [1.82, 2.24) is 14.7 Å². The summed E-state index contributed by atoms with van der Waals surface area (Å²) in [4.78, 5) is 28.5. The fourth-order valence-corrected chi connectivity index (χ4v) is 4.35. The minimum atomic E-state index is -0.165. The van der Waals surface area contributed by atoms with E-state index in [9.17, 15) is 9.59 Å². The molecule has 1 aliphatic rings. The smallest absolute Gasteiger partial charge is 0.275 e. The minimum absolute atomic E-state index is 0.0718. The number of amides is 1. The van der Waals surface area contributed by atoms with Gasteiger partial charge in [-0.25, -0.2) is 4.68 Å². The highest BCUT2D eigenvalue weighted by Gasteiger charge is 2.28. The topological polar surface area (TPSA) is 55.2 Å². The second kappa shape index (κ2) is 8.60. The summed E-state index contributed by atoms with van der Waals surface area (Å²) in [5, 5.41) is 5.76. The van der Waals surface area contributed by atoms with E-state index in [1.54, 1.807) is 6.07 Å². The molecule has 1 aromatic heterocycles. The van der Waals surface area contributed by atoms with Crippen LogP contribution >= 0.6 is 0 Å². The van der Waals surface area contributed by atoms with Gasteiger partial charge in [0.15, 0.2) is 5.69 Å². The van der Waals surface area contributed by atoms with Crippen LogP contribution < -0.4 is 5.56 Å². The van der Waals surface area contributed by atoms with Crippen LogP contribution in [0.1, 0.15) is 55.1 Å². The summed E-state index contributed by atoms with van der Waals surface area (Å²) in [6, 6.07) is 17.3. The van der Waals surface area contributed by atoms with E-state index in [1.807, 2.05) is 60.4 Å². The fraction of sp³-hybridized carbons (Fsp3) is 0.375. The Morgan fingerprint density at radius 1 is 1.00 bits per heavy atom. The molecule has 0 radical (unpaired) electrons. The van der Waals surface area contributed by atoms with Gasteiger partial charge in [-0.05, 0) is 31.4 Å². The van der Waals surface area contributed by atoms with E-state index >= 15 is 0 Å². The number of carbonyl (C=O) groups is 1. The van der Waals surface area contributed by atoms with Gasteiger partial charge in [0.1, 0.15) is 0 Å². The second-order valence-electron chi connectivity index (χ2n) is 7.73. The number of fused-ring (bicyclic) bond motifs is 1. The molecule has 0 spiro atoms. The summed E-state index contributed by atoms with van der Waals surface area (Å²) in [6.07, 6.45) is 5.65. The summed E-state index contributed by atoms with van der Waals surface area (Å²) < 4.78 is 1.43. The normalized spacial score (nSPS) is 14.8. The number of carbonyl (C=O) groups excluding carboxylic acids is 1. The van der Waals surface area contributed by atoms with Crippen molar-refractivity contribution in [3.8, 4) is 0 Å². The van der Waals surface area contributed by atoms with Gasteiger partial charge in [0.2, 0.25) is 0 Å². The van der Waals surface area contributed by atoms with Gasteiger partial charge in [0.05, 0.1) is 11.9 Å². The van der Waals surface area contributed by atoms with Crippen molar-refractivity contribution in [1.29, 1.82) is 0 Å². The average Bonchev–Trinajstić information content (AvgIpc) is 2.77. The zero-order valence-corrected chi connectivity index (χ0v) is 16.9. The van der Waals surface area contributed by atoms with E-state index in [0.717, 1.165) is 31.2 Å². The SMILES string of the molecule is CCN(C(=O)c1nn(Cc2ccccc2)c(=O)c2ccccc12)C1CCCCC1. The van der Waals surface area contributed by atoms with Crippen molar-refractivity contribution in [3.05, 3.63) is 76.2 Å². The highest BCUT2D eigenvalue weighted by atomic mass is 16.2. The molecule has 29 heavy (non-hydrogen) atoms. The Kier molecular flexibility index (Phi) is 5.74. The molecule has 0 bridgehead atoms. The molecule has 0 unspecified atom stereocenters. The van der Waals surface area contributed by atoms with Crippen LogP contribution in [0.2, 0.25) is 0 Å². The van der Waals surface area contributed by atoms with Gasteiger partial charge in [-0.3, -0.25) is 9.59 Å². The van der Waals surface area contributed by atoms with E-state index in [1.165, 1.54) is 11.1 Å². The van der Waals surface area contributed by atoms with Gasteiger partial charge >= 0.3 is 0 Å². The molecule has 2 aromatic carbocycles. The predicted octanol–water partition coefficient (Wildman–Crippen LogP) is 4.24. The quantitative estimate of drug-likeness (QED) is 0.656. The third-order valence-corrected chi connectivity index (χ3v) is 5.86. The average molecular weight is 389 g/mol. The van der Waals surface area contributed by atoms with Crippen molar-refractivity contribution < 1.29 is 4.79 Å². The van der Waals surface area contributed by atoms with Crippen LogP contribution in [-0.2, 0) is 6.54 Å². The summed E-state index contributed by atoms with van der Waals surface area (Å²) in [7, 11) is 0. The number of hydrogen-bond acceptors (Lipinski definition) is 3. The highest BCUT2D eigenvalue weighted by molar-refractivity contribution is 6.04. The summed E-state index contributed by atoms with van der Waals surface area (Å²) in [5.41, 5.74) is 1.20. The molecule has 0 aliphatic heterocycles. The highest BCUT2D eigenvalue weighted by Crippen LogP contribution is 2.25. The first-order chi connectivity index (χ1) is 14.2. The molecular weight excluding hydrogens is 362 g/mol. The molecule has 1 amide bonds. The lowest BCUT2D eigenvalue weighted by Crippen LogP contribution is -2.42. The molecule has 0 saturated heterocycles. The fourth-order valence-electron chi connectivity index (χ4n) is 4.35. The van der Waals surface area contributed by atoms with Crippen LogP contribution in [0, 0.1) is 0 Å². The second-order valence-corrected chi connectivity index (χ2v) is 7.73. The van der Waals surface area contributed by atoms with Crippen molar-refractivity contribution >= 4 is 16.7 Å². The van der Waals surface area contributed by atoms with Crippen LogP contribution in [0.3, 0.4) is 0 Å². The first-order valence-electron chi connectivity index (χ1n) is 10.5. The van der Waals surface area contributed by atoms with E-state index in [-0.39, 0.29) is 17.5 Å². The molecule has 1 fully saturated rings. The molecule has 150 valence electrons. The van der Waals surface area contributed by atoms with Gasteiger partial charge in [0.25, 0.3) is 11.5 Å². The first kappa shape index (κ1) is 19.4. The molecule has 3 aromatic rings. The third-order valence-electron chi connectivity index (χ3n) is 5.86. The maximum Gasteiger partial charge on any atom is 0.275 e. The Balaban J connectivity index is 1.79. The van der Waals surface area contributed by atoms with E-state index in [4.69, 9.17) is 0 Å². The van der Waals surface area contributed by atoms with Crippen LogP contribution in [0.4, 0.5) is 0 Å². The maximum absolute atomic E-state index is 13.6. The molecule has 5 nitrogen and oxygen atoms in total. The van der Waals surface area contributed by atoms with E-state index in [2.05, 4.69) is 5.10 Å². The predicted molar refractivity (Wildman–Crippen MR) is 115 cm³/mol. The van der Waals surface area contributed by atoms with Crippen molar-refractivity contribution in [2.75, 3.05) is 6.54 Å². The Labute approximate surface area is 171 Å². The van der Waals surface area contributed by atoms with Crippen molar-refractivity contribution in [3.63, 3.8) is 0 Å². The van der Waals surface area contributed by atoms with Crippen LogP contribution in [0.15, 0.2) is 59.4 Å². The van der Waals surface area contributed by atoms with Crippen LogP contribution in [0.5, 0.6) is 0 Å². The summed E-state index contributed by atoms with van der Waals surface area (Å²) >= 11 is 0. The number of nitrogens with zero attached hydrogens (tertiary/aromatic N) is 3. The summed E-state index contributed by atoms with van der Waals surface area (Å²) in [5.74, 6) is -0.0718. The van der Waals surface area contributed by atoms with Crippen LogP contribution in [-0.4, -0.2) is 33.2 Å². The molecule has 0 atom stereocenters. The van der Waals surface area contributed by atoms with Gasteiger partial charge in [-0.1, -0.05) is 67.8 Å². The van der Waals surface area contributed by atoms with Gasteiger partial charge in [0, 0.05) is 18.0 Å². The Hall–Kier alpha value is -2.95. The Bertz CT molecular complexity index is 1050. The molecule has 0 N–H and O–H groups in total.